The average Bonchev–Trinajstić information content (AvgIpc) is 3.85. The van der Waals surface area contributed by atoms with Gasteiger partial charge in [0.1, 0.15) is 10.9 Å². The minimum atomic E-state index is -1.11. The van der Waals surface area contributed by atoms with Gasteiger partial charge in [0.05, 0.1) is 27.0 Å². The van der Waals surface area contributed by atoms with E-state index in [0.29, 0.717) is 4.91 Å². The summed E-state index contributed by atoms with van der Waals surface area (Å²) in [5, 5.41) is 14.1. The molecule has 9 heteroatoms. The summed E-state index contributed by atoms with van der Waals surface area (Å²) in [6.07, 6.45) is 1.76. The third-order valence-electron chi connectivity index (χ3n) is 10.5. The molecule has 0 unspecified atom stereocenters. The number of thiocarbonyl (C=S) groups is 1. The number of carbonyl (C=O) groups is 2. The van der Waals surface area contributed by atoms with Crippen LogP contribution in [-0.4, -0.2) is 41.9 Å². The van der Waals surface area contributed by atoms with E-state index in [0.717, 1.165) is 72.7 Å². The molecular formula is C48H32N4O3S2. The molecule has 7 aromatic carbocycles. The number of rotatable bonds is 8. The second-order valence-electron chi connectivity index (χ2n) is 13.9. The third-order valence-corrected chi connectivity index (χ3v) is 11.9. The minimum Gasteiger partial charge on any atom is -0.480 e. The summed E-state index contributed by atoms with van der Waals surface area (Å²) in [5.41, 5.74) is 10.4. The van der Waals surface area contributed by atoms with Gasteiger partial charge >= 0.3 is 5.97 Å². The first kappa shape index (κ1) is 34.5. The molecule has 1 aliphatic heterocycles. The fourth-order valence-electron chi connectivity index (χ4n) is 7.99. The van der Waals surface area contributed by atoms with Crippen LogP contribution in [0.15, 0.2) is 175 Å². The molecule has 1 saturated heterocycles. The van der Waals surface area contributed by atoms with Crippen molar-refractivity contribution in [3.05, 3.63) is 180 Å². The highest BCUT2D eigenvalue weighted by Crippen LogP contribution is 2.39. The molecule has 0 saturated carbocycles. The Hall–Kier alpha value is -6.94. The lowest BCUT2D eigenvalue weighted by Gasteiger charge is -2.26. The van der Waals surface area contributed by atoms with Crippen LogP contribution in [0.2, 0.25) is 0 Å². The highest BCUT2D eigenvalue weighted by Gasteiger charge is 2.33. The van der Waals surface area contributed by atoms with Crippen molar-refractivity contribution in [2.24, 2.45) is 0 Å². The first-order chi connectivity index (χ1) is 27.9. The minimum absolute atomic E-state index is 0.241. The second kappa shape index (κ2) is 14.0. The summed E-state index contributed by atoms with van der Waals surface area (Å²) in [5.74, 6) is -1.51. The van der Waals surface area contributed by atoms with Gasteiger partial charge in [-0.3, -0.25) is 14.5 Å². The number of para-hydroxylation sites is 4. The van der Waals surface area contributed by atoms with Gasteiger partial charge in [-0.05, 0) is 96.6 Å². The number of benzene rings is 7. The van der Waals surface area contributed by atoms with Gasteiger partial charge in [0.2, 0.25) is 0 Å². The van der Waals surface area contributed by atoms with Gasteiger partial charge in [0, 0.05) is 50.0 Å². The smallest absolute Gasteiger partial charge is 0.323 e. The van der Waals surface area contributed by atoms with Gasteiger partial charge in [-0.25, -0.2) is 0 Å². The standard InChI is InChI=1S/C48H32N4O3S2/c53-46(54)30-49-47(55)45(57-48(49)56)29-31-17-19-32(20-18-31)50(33-21-25-35(26-22-33)51-41-13-5-1-9-37(41)38-10-2-6-14-42(38)51)34-23-27-36(28-24-34)52-43-15-7-3-11-39(43)40-12-4-8-16-44(40)52/h1-29H,30H2,(H,53,54)/b45-29+. The van der Waals surface area contributed by atoms with E-state index in [1.54, 1.807) is 6.08 Å². The van der Waals surface area contributed by atoms with E-state index < -0.39 is 18.4 Å². The number of carboxylic acids is 1. The molecule has 7 nitrogen and oxygen atoms in total. The van der Waals surface area contributed by atoms with Crippen molar-refractivity contribution in [1.29, 1.82) is 0 Å². The number of fused-ring (bicyclic) bond motifs is 6. The molecule has 0 atom stereocenters. The van der Waals surface area contributed by atoms with Crippen LogP contribution < -0.4 is 4.90 Å². The Bertz CT molecular complexity index is 2830. The van der Waals surface area contributed by atoms with Crippen LogP contribution >= 0.6 is 24.0 Å². The predicted molar refractivity (Wildman–Crippen MR) is 237 cm³/mol. The zero-order chi connectivity index (χ0) is 38.6. The largest absolute Gasteiger partial charge is 0.480 e. The number of aromatic nitrogens is 2. The van der Waals surface area contributed by atoms with Crippen LogP contribution in [0.4, 0.5) is 17.1 Å². The van der Waals surface area contributed by atoms with Gasteiger partial charge in [-0.1, -0.05) is 109 Å². The fourth-order valence-corrected chi connectivity index (χ4v) is 9.25. The van der Waals surface area contributed by atoms with Crippen LogP contribution in [0.5, 0.6) is 0 Å². The maximum atomic E-state index is 13.0. The molecule has 1 aliphatic rings. The summed E-state index contributed by atoms with van der Waals surface area (Å²) in [7, 11) is 0. The number of carbonyl (C=O) groups excluding carboxylic acids is 1. The molecule has 9 aromatic rings. The first-order valence-electron chi connectivity index (χ1n) is 18.5. The van der Waals surface area contributed by atoms with Crippen molar-refractivity contribution in [2.75, 3.05) is 11.4 Å². The Kier molecular flexibility index (Phi) is 8.47. The van der Waals surface area contributed by atoms with Gasteiger partial charge in [-0.15, -0.1) is 0 Å². The third kappa shape index (κ3) is 5.96. The van der Waals surface area contributed by atoms with E-state index in [-0.39, 0.29) is 4.32 Å². The maximum Gasteiger partial charge on any atom is 0.323 e. The Labute approximate surface area is 337 Å². The van der Waals surface area contributed by atoms with Crippen LogP contribution in [0.25, 0.3) is 61.1 Å². The van der Waals surface area contributed by atoms with Gasteiger partial charge in [0.25, 0.3) is 5.91 Å². The van der Waals surface area contributed by atoms with Crippen LogP contribution in [0.3, 0.4) is 0 Å². The number of nitrogens with zero attached hydrogens (tertiary/aromatic N) is 4. The number of carboxylic acid groups (broad SMARTS) is 1. The summed E-state index contributed by atoms with van der Waals surface area (Å²) in [6, 6.07) is 59.3. The van der Waals surface area contributed by atoms with Crippen molar-refractivity contribution in [1.82, 2.24) is 14.0 Å². The predicted octanol–water partition coefficient (Wildman–Crippen LogP) is 11.6. The molecule has 3 heterocycles. The van der Waals surface area contributed by atoms with Crippen LogP contribution in [-0.2, 0) is 9.59 Å². The maximum absolute atomic E-state index is 13.0. The van der Waals surface area contributed by atoms with Crippen molar-refractivity contribution < 1.29 is 14.7 Å². The van der Waals surface area contributed by atoms with Gasteiger partial charge in [-0.2, -0.15) is 0 Å². The monoisotopic (exact) mass is 776 g/mol. The quantitative estimate of drug-likeness (QED) is 0.122. The number of anilines is 3. The molecule has 0 bridgehead atoms. The van der Waals surface area contributed by atoms with Gasteiger partial charge < -0.3 is 19.1 Å². The zero-order valence-corrected chi connectivity index (χ0v) is 32.0. The number of hydrogen-bond acceptors (Lipinski definition) is 5. The molecule has 57 heavy (non-hydrogen) atoms. The molecule has 0 radical (unpaired) electrons. The molecule has 1 amide bonds. The molecular weight excluding hydrogens is 745 g/mol. The summed E-state index contributed by atoms with van der Waals surface area (Å²) < 4.78 is 4.87. The topological polar surface area (TPSA) is 70.7 Å². The SMILES string of the molecule is O=C(O)CN1C(=O)/C(=C\c2ccc(N(c3ccc(-n4c5ccccc5c5ccccc54)cc3)c3ccc(-n4c5ccccc5c5ccccc54)cc3)cc2)SC1=S. The molecule has 0 aliphatic carbocycles. The molecule has 274 valence electrons. The van der Waals surface area contributed by atoms with E-state index in [9.17, 15) is 14.7 Å². The zero-order valence-electron chi connectivity index (χ0n) is 30.3. The Morgan fingerprint density at radius 1 is 0.561 bits per heavy atom. The summed E-state index contributed by atoms with van der Waals surface area (Å²) >= 11 is 6.43. The van der Waals surface area contributed by atoms with Crippen molar-refractivity contribution in [3.63, 3.8) is 0 Å². The first-order valence-corrected chi connectivity index (χ1v) is 19.7. The Balaban J connectivity index is 1.05. The number of thioether (sulfide) groups is 1. The molecule has 10 rings (SSSR count). The van der Waals surface area contributed by atoms with E-state index >= 15 is 0 Å². The van der Waals surface area contributed by atoms with Gasteiger partial charge in [0.15, 0.2) is 0 Å². The van der Waals surface area contributed by atoms with E-state index in [1.807, 2.05) is 24.3 Å². The highest BCUT2D eigenvalue weighted by molar-refractivity contribution is 8.26. The van der Waals surface area contributed by atoms with Crippen molar-refractivity contribution in [2.45, 2.75) is 0 Å². The number of hydrogen-bond donors (Lipinski definition) is 1. The summed E-state index contributed by atoms with van der Waals surface area (Å²) in [4.78, 5) is 28.1. The van der Waals surface area contributed by atoms with Crippen molar-refractivity contribution in [3.8, 4) is 11.4 Å². The van der Waals surface area contributed by atoms with Crippen LogP contribution in [0, 0.1) is 0 Å². The van der Waals surface area contributed by atoms with Crippen LogP contribution in [0.1, 0.15) is 5.56 Å². The van der Waals surface area contributed by atoms with E-state index in [2.05, 4.69) is 160 Å². The van der Waals surface area contributed by atoms with E-state index in [4.69, 9.17) is 12.2 Å². The Morgan fingerprint density at radius 3 is 1.32 bits per heavy atom. The lowest BCUT2D eigenvalue weighted by molar-refractivity contribution is -0.140. The highest BCUT2D eigenvalue weighted by atomic mass is 32.2. The average molecular weight is 777 g/mol. The van der Waals surface area contributed by atoms with E-state index in [1.165, 1.54) is 21.5 Å². The second-order valence-corrected chi connectivity index (χ2v) is 15.5. The Morgan fingerprint density at radius 2 is 0.930 bits per heavy atom. The fraction of sp³-hybridized carbons (Fsp3) is 0.0208. The molecule has 2 aromatic heterocycles. The number of amides is 1. The lowest BCUT2D eigenvalue weighted by Crippen LogP contribution is -2.33. The molecule has 0 spiro atoms. The normalized spacial score (nSPS) is 13.8. The summed E-state index contributed by atoms with van der Waals surface area (Å²) in [6.45, 7) is -0.457. The lowest BCUT2D eigenvalue weighted by atomic mass is 10.1. The molecule has 1 fully saturated rings. The van der Waals surface area contributed by atoms with Crippen molar-refractivity contribution >= 4 is 107 Å². The number of aliphatic carboxylic acids is 1. The molecule has 1 N–H and O–H groups in total.